The SMILES string of the molecule is Cc1csc2c1c(O)c(-c1nc3ccc(N4CCN(C)CC4)cc3[nH]1)c(=O)n2P. The van der Waals surface area contributed by atoms with E-state index >= 15 is 0 Å². The van der Waals surface area contributed by atoms with E-state index in [2.05, 4.69) is 48.3 Å². The van der Waals surface area contributed by atoms with Crippen LogP contribution in [0.1, 0.15) is 5.56 Å². The molecule has 1 aliphatic rings. The highest BCUT2D eigenvalue weighted by molar-refractivity contribution is 7.21. The first-order valence-electron chi connectivity index (χ1n) is 9.48. The van der Waals surface area contributed by atoms with Crippen LogP contribution in [0.2, 0.25) is 0 Å². The minimum absolute atomic E-state index is 0.0132. The molecule has 1 saturated heterocycles. The van der Waals surface area contributed by atoms with Crippen LogP contribution >= 0.6 is 20.7 Å². The molecule has 0 amide bonds. The predicted molar refractivity (Wildman–Crippen MR) is 122 cm³/mol. The summed E-state index contributed by atoms with van der Waals surface area (Å²) in [4.78, 5) is 26.2. The van der Waals surface area contributed by atoms with Gasteiger partial charge in [-0.2, -0.15) is 0 Å². The fraction of sp³-hybridized carbons (Fsp3) is 0.300. The molecule has 4 aromatic rings. The number of fused-ring (bicyclic) bond motifs is 2. The highest BCUT2D eigenvalue weighted by atomic mass is 32.1. The number of aromatic nitrogens is 3. The normalized spacial score (nSPS) is 15.6. The van der Waals surface area contributed by atoms with Gasteiger partial charge in [-0.15, -0.1) is 11.3 Å². The van der Waals surface area contributed by atoms with Crippen LogP contribution in [-0.4, -0.2) is 57.5 Å². The molecule has 3 aromatic heterocycles. The Bertz CT molecular complexity index is 1300. The number of aromatic amines is 1. The Morgan fingerprint density at radius 3 is 2.76 bits per heavy atom. The van der Waals surface area contributed by atoms with Gasteiger partial charge in [-0.1, -0.05) is 0 Å². The van der Waals surface area contributed by atoms with Crippen LogP contribution in [0.4, 0.5) is 5.69 Å². The maximum atomic E-state index is 13.0. The number of pyridine rings is 1. The number of nitrogens with zero attached hydrogens (tertiary/aromatic N) is 4. The fourth-order valence-electron chi connectivity index (χ4n) is 3.93. The van der Waals surface area contributed by atoms with Gasteiger partial charge in [-0.05, 0) is 52.5 Å². The minimum Gasteiger partial charge on any atom is -0.506 e. The number of anilines is 1. The van der Waals surface area contributed by atoms with Crippen molar-refractivity contribution in [2.75, 3.05) is 38.1 Å². The number of piperazine rings is 1. The van der Waals surface area contributed by atoms with Crippen LogP contribution in [-0.2, 0) is 0 Å². The third-order valence-corrected chi connectivity index (χ3v) is 7.43. The number of aryl methyl sites for hydroxylation is 1. The zero-order valence-electron chi connectivity index (χ0n) is 16.3. The second-order valence-electron chi connectivity index (χ2n) is 7.57. The van der Waals surface area contributed by atoms with Crippen molar-refractivity contribution in [2.45, 2.75) is 6.92 Å². The molecule has 29 heavy (non-hydrogen) atoms. The van der Waals surface area contributed by atoms with Crippen molar-refractivity contribution in [2.24, 2.45) is 0 Å². The van der Waals surface area contributed by atoms with E-state index in [-0.39, 0.29) is 16.9 Å². The maximum Gasteiger partial charge on any atom is 0.269 e. The lowest BCUT2D eigenvalue weighted by atomic mass is 10.1. The number of thiophene rings is 1. The van der Waals surface area contributed by atoms with E-state index in [4.69, 9.17) is 0 Å². The second kappa shape index (κ2) is 6.83. The number of H-pyrrole nitrogens is 1. The summed E-state index contributed by atoms with van der Waals surface area (Å²) in [5.41, 5.74) is 3.61. The molecule has 0 radical (unpaired) electrons. The van der Waals surface area contributed by atoms with E-state index < -0.39 is 0 Å². The molecule has 1 fully saturated rings. The predicted octanol–water partition coefficient (Wildman–Crippen LogP) is 3.01. The van der Waals surface area contributed by atoms with Gasteiger partial charge in [0.25, 0.3) is 5.56 Å². The maximum absolute atomic E-state index is 13.0. The largest absolute Gasteiger partial charge is 0.506 e. The van der Waals surface area contributed by atoms with E-state index in [9.17, 15) is 9.90 Å². The van der Waals surface area contributed by atoms with Crippen molar-refractivity contribution >= 4 is 47.7 Å². The zero-order chi connectivity index (χ0) is 20.3. The number of imidazole rings is 1. The van der Waals surface area contributed by atoms with E-state index in [0.29, 0.717) is 11.2 Å². The number of benzene rings is 1. The lowest BCUT2D eigenvalue weighted by Gasteiger charge is -2.34. The molecule has 1 aromatic carbocycles. The van der Waals surface area contributed by atoms with Gasteiger partial charge in [0, 0.05) is 31.9 Å². The van der Waals surface area contributed by atoms with Gasteiger partial charge in [0.2, 0.25) is 0 Å². The van der Waals surface area contributed by atoms with Crippen LogP contribution < -0.4 is 10.5 Å². The number of nitrogens with one attached hydrogen (secondary N) is 1. The zero-order valence-corrected chi connectivity index (χ0v) is 18.2. The van der Waals surface area contributed by atoms with Gasteiger partial charge >= 0.3 is 0 Å². The van der Waals surface area contributed by atoms with Crippen molar-refractivity contribution in [3.63, 3.8) is 0 Å². The van der Waals surface area contributed by atoms with Crippen LogP contribution in [0.3, 0.4) is 0 Å². The molecule has 0 spiro atoms. The summed E-state index contributed by atoms with van der Waals surface area (Å²) in [7, 11) is 4.59. The van der Waals surface area contributed by atoms with Crippen molar-refractivity contribution in [1.29, 1.82) is 0 Å². The molecule has 7 nitrogen and oxygen atoms in total. The summed E-state index contributed by atoms with van der Waals surface area (Å²) in [5.74, 6) is 0.377. The number of aromatic hydroxyl groups is 1. The molecule has 2 N–H and O–H groups in total. The quantitative estimate of drug-likeness (QED) is 0.481. The second-order valence-corrected chi connectivity index (χ2v) is 8.95. The van der Waals surface area contributed by atoms with Gasteiger partial charge in [0.1, 0.15) is 22.0 Å². The smallest absolute Gasteiger partial charge is 0.269 e. The molecule has 150 valence electrons. The highest BCUT2D eigenvalue weighted by Gasteiger charge is 2.22. The third-order valence-electron chi connectivity index (χ3n) is 5.65. The summed E-state index contributed by atoms with van der Waals surface area (Å²) in [5, 5.41) is 13.5. The molecular weight excluding hydrogens is 405 g/mol. The Hall–Kier alpha value is -2.41. The summed E-state index contributed by atoms with van der Waals surface area (Å²) in [6, 6.07) is 6.10. The van der Waals surface area contributed by atoms with E-state index in [1.54, 1.807) is 0 Å². The summed E-state index contributed by atoms with van der Waals surface area (Å²) in [6.07, 6.45) is 0. The molecule has 0 saturated carbocycles. The Balaban J connectivity index is 1.63. The van der Waals surface area contributed by atoms with E-state index in [0.717, 1.165) is 53.3 Å². The number of hydrogen-bond acceptors (Lipinski definition) is 6. The Morgan fingerprint density at radius 1 is 1.24 bits per heavy atom. The van der Waals surface area contributed by atoms with Gasteiger partial charge in [-0.25, -0.2) is 4.98 Å². The Labute approximate surface area is 173 Å². The van der Waals surface area contributed by atoms with Crippen LogP contribution in [0.15, 0.2) is 28.4 Å². The first-order valence-corrected chi connectivity index (χ1v) is 10.9. The number of hydrogen-bond donors (Lipinski definition) is 2. The van der Waals surface area contributed by atoms with Gasteiger partial charge < -0.3 is 19.9 Å². The molecule has 1 aliphatic heterocycles. The first kappa shape index (κ1) is 18.6. The fourth-order valence-corrected chi connectivity index (χ4v) is 5.34. The average Bonchev–Trinajstić information content (AvgIpc) is 3.30. The number of likely N-dealkylation sites (N-methyl/N-ethyl adjacent to an activating group) is 1. The third kappa shape index (κ3) is 2.94. The first-order chi connectivity index (χ1) is 13.9. The molecule has 5 rings (SSSR count). The van der Waals surface area contributed by atoms with E-state index in [1.165, 1.54) is 15.7 Å². The summed E-state index contributed by atoms with van der Waals surface area (Å²) < 4.78 is 1.50. The van der Waals surface area contributed by atoms with E-state index in [1.807, 2.05) is 18.4 Å². The Morgan fingerprint density at radius 2 is 2.00 bits per heavy atom. The highest BCUT2D eigenvalue weighted by Crippen LogP contribution is 2.38. The molecule has 0 aliphatic carbocycles. The Kier molecular flexibility index (Phi) is 4.38. The topological polar surface area (TPSA) is 77.4 Å². The molecular formula is C20H22N5O2PS. The molecule has 0 bridgehead atoms. The average molecular weight is 427 g/mol. The van der Waals surface area contributed by atoms with Gasteiger partial charge in [0.05, 0.1) is 16.4 Å². The summed E-state index contributed by atoms with van der Waals surface area (Å²) >= 11 is 1.44. The van der Waals surface area contributed by atoms with Crippen LogP contribution in [0, 0.1) is 6.92 Å². The van der Waals surface area contributed by atoms with Gasteiger partial charge in [0.15, 0.2) is 0 Å². The van der Waals surface area contributed by atoms with Crippen LogP contribution in [0.5, 0.6) is 5.75 Å². The van der Waals surface area contributed by atoms with Crippen LogP contribution in [0.25, 0.3) is 32.6 Å². The monoisotopic (exact) mass is 427 g/mol. The van der Waals surface area contributed by atoms with Gasteiger partial charge in [-0.3, -0.25) is 9.13 Å². The lowest BCUT2D eigenvalue weighted by molar-refractivity contribution is 0.313. The van der Waals surface area contributed by atoms with Crippen molar-refractivity contribution < 1.29 is 5.11 Å². The summed E-state index contributed by atoms with van der Waals surface area (Å²) in [6.45, 7) is 5.96. The molecule has 9 heteroatoms. The molecule has 4 heterocycles. The standard InChI is InChI=1S/C20H22N5O2PS/c1-11-10-29-20-15(11)17(26)16(19(27)25(20)28)18-21-13-4-3-12(9-14(13)22-18)24-7-5-23(2)6-8-24/h3-4,9-10,26H,5-8,28H2,1-2H3,(H,21,22). The van der Waals surface area contributed by atoms with Crippen molar-refractivity contribution in [3.05, 3.63) is 39.5 Å². The van der Waals surface area contributed by atoms with Crippen molar-refractivity contribution in [1.82, 2.24) is 19.2 Å². The lowest BCUT2D eigenvalue weighted by Crippen LogP contribution is -2.44. The molecule has 1 atom stereocenters. The molecule has 1 unspecified atom stereocenters. The number of rotatable bonds is 2. The van der Waals surface area contributed by atoms with Crippen molar-refractivity contribution in [3.8, 4) is 17.1 Å². The minimum atomic E-state index is -0.291.